The zero-order valence-electron chi connectivity index (χ0n) is 9.85. The van der Waals surface area contributed by atoms with Crippen LogP contribution in [-0.4, -0.2) is 28.9 Å². The second-order valence-corrected chi connectivity index (χ2v) is 4.24. The Hall–Kier alpha value is -1.53. The molecule has 1 aromatic heterocycles. The molecule has 1 N–H and O–H groups in total. The van der Waals surface area contributed by atoms with E-state index >= 15 is 0 Å². The van der Waals surface area contributed by atoms with Crippen LogP contribution in [0, 0.1) is 10.1 Å². The third-order valence-corrected chi connectivity index (χ3v) is 2.72. The van der Waals surface area contributed by atoms with Crippen molar-refractivity contribution in [3.8, 4) is 0 Å². The van der Waals surface area contributed by atoms with E-state index in [2.05, 4.69) is 10.3 Å². The maximum atomic E-state index is 10.6. The van der Waals surface area contributed by atoms with Gasteiger partial charge >= 0.3 is 5.16 Å². The summed E-state index contributed by atoms with van der Waals surface area (Å²) in [6, 6.07) is 3.45. The minimum absolute atomic E-state index is 0.233. The van der Waals surface area contributed by atoms with Crippen LogP contribution in [0.1, 0.15) is 5.56 Å². The summed E-state index contributed by atoms with van der Waals surface area (Å²) in [4.78, 5) is 15.5. The Labute approximate surface area is 114 Å². The Kier molecular flexibility index (Phi) is 5.18. The number of hydrogen-bond acceptors (Lipinski definition) is 5. The minimum atomic E-state index is -0.649. The van der Waals surface area contributed by atoms with Gasteiger partial charge in [-0.25, -0.2) is 4.98 Å². The molecule has 0 spiro atoms. The molecule has 0 unspecified atom stereocenters. The van der Waals surface area contributed by atoms with Crippen molar-refractivity contribution >= 4 is 23.2 Å². The predicted molar refractivity (Wildman–Crippen MR) is 69.6 cm³/mol. The molecular formula is C10H12Cl2N4O2. The number of nitrogens with one attached hydrogen (secondary N) is 1. The van der Waals surface area contributed by atoms with Crippen LogP contribution in [0.15, 0.2) is 29.3 Å². The molecule has 6 nitrogen and oxygen atoms in total. The quantitative estimate of drug-likeness (QED) is 0.389. The molecule has 0 saturated carbocycles. The maximum Gasteiger partial charge on any atom is 0.377 e. The Bertz CT molecular complexity index is 461. The monoisotopic (exact) mass is 290 g/mol. The third kappa shape index (κ3) is 3.75. The van der Waals surface area contributed by atoms with Crippen molar-refractivity contribution in [2.45, 2.75) is 6.54 Å². The first-order valence-electron chi connectivity index (χ1n) is 4.99. The topological polar surface area (TPSA) is 71.3 Å². The summed E-state index contributed by atoms with van der Waals surface area (Å²) in [6.07, 6.45) is 1.60. The van der Waals surface area contributed by atoms with Crippen LogP contribution in [0.5, 0.6) is 0 Å². The van der Waals surface area contributed by atoms with Crippen molar-refractivity contribution in [3.05, 3.63) is 50.1 Å². The van der Waals surface area contributed by atoms with E-state index in [4.69, 9.17) is 23.2 Å². The van der Waals surface area contributed by atoms with Gasteiger partial charge < -0.3 is 10.2 Å². The van der Waals surface area contributed by atoms with Gasteiger partial charge in [0.2, 0.25) is 0 Å². The van der Waals surface area contributed by atoms with Gasteiger partial charge in [-0.2, -0.15) is 0 Å². The lowest BCUT2D eigenvalue weighted by Gasteiger charge is -2.20. The van der Waals surface area contributed by atoms with Gasteiger partial charge in [0, 0.05) is 26.8 Å². The fourth-order valence-electron chi connectivity index (χ4n) is 1.39. The van der Waals surface area contributed by atoms with Crippen LogP contribution in [0.25, 0.3) is 0 Å². The average Bonchev–Trinajstić information content (AvgIpc) is 2.32. The summed E-state index contributed by atoms with van der Waals surface area (Å²) in [5.41, 5.74) is 0.863. The van der Waals surface area contributed by atoms with E-state index in [0.29, 0.717) is 11.7 Å². The van der Waals surface area contributed by atoms with E-state index in [1.807, 2.05) is 0 Å². The number of aromatic nitrogens is 1. The molecule has 1 aromatic rings. The highest BCUT2D eigenvalue weighted by Gasteiger charge is 2.18. The van der Waals surface area contributed by atoms with E-state index in [1.165, 1.54) is 0 Å². The molecule has 0 aliphatic heterocycles. The van der Waals surface area contributed by atoms with Crippen molar-refractivity contribution in [3.63, 3.8) is 0 Å². The summed E-state index contributed by atoms with van der Waals surface area (Å²) in [5.74, 6) is 0.233. The Morgan fingerprint density at radius 2 is 2.28 bits per heavy atom. The van der Waals surface area contributed by atoms with Crippen LogP contribution in [0.3, 0.4) is 0 Å². The molecule has 0 aliphatic rings. The fraction of sp³-hybridized carbons (Fsp3) is 0.300. The van der Waals surface area contributed by atoms with Crippen LogP contribution >= 0.6 is 23.2 Å². The molecule has 0 aliphatic carbocycles. The lowest BCUT2D eigenvalue weighted by Crippen LogP contribution is -2.28. The zero-order valence-corrected chi connectivity index (χ0v) is 11.4. The van der Waals surface area contributed by atoms with Crippen molar-refractivity contribution in [1.29, 1.82) is 0 Å². The molecule has 0 aromatic carbocycles. The number of pyridine rings is 1. The van der Waals surface area contributed by atoms with Gasteiger partial charge in [-0.3, -0.25) is 10.1 Å². The summed E-state index contributed by atoms with van der Waals surface area (Å²) < 4.78 is 0. The van der Waals surface area contributed by atoms with E-state index in [0.717, 1.165) is 5.56 Å². The zero-order chi connectivity index (χ0) is 13.7. The van der Waals surface area contributed by atoms with Gasteiger partial charge in [0.05, 0.1) is 4.92 Å². The summed E-state index contributed by atoms with van der Waals surface area (Å²) in [7, 11) is 3.25. The summed E-state index contributed by atoms with van der Waals surface area (Å²) in [5, 5.41) is 13.3. The first-order chi connectivity index (χ1) is 8.45. The normalized spacial score (nSPS) is 11.8. The second-order valence-electron chi connectivity index (χ2n) is 3.49. The molecular weight excluding hydrogens is 279 g/mol. The minimum Gasteiger partial charge on any atom is -0.368 e. The molecule has 98 valence electrons. The molecule has 0 radical (unpaired) electrons. The third-order valence-electron chi connectivity index (χ3n) is 2.18. The van der Waals surface area contributed by atoms with Gasteiger partial charge in [0.1, 0.15) is 5.15 Å². The highest BCUT2D eigenvalue weighted by atomic mass is 35.5. The highest BCUT2D eigenvalue weighted by molar-refractivity contribution is 6.29. The molecule has 1 heterocycles. The standard InChI is InChI=1S/C10H12Cl2N4O2/c1-13-10(9(12)16(17)18)15(2)6-7-3-4-8(11)14-5-7/h3-5,13H,6H2,1-2H3. The SMILES string of the molecule is CNC(=C(Cl)[N+](=O)[O-])N(C)Cc1ccc(Cl)nc1. The molecule has 18 heavy (non-hydrogen) atoms. The van der Waals surface area contributed by atoms with Crippen molar-refractivity contribution < 1.29 is 4.92 Å². The van der Waals surface area contributed by atoms with Gasteiger partial charge in [-0.1, -0.05) is 17.7 Å². The van der Waals surface area contributed by atoms with Gasteiger partial charge in [0.25, 0.3) is 0 Å². The average molecular weight is 291 g/mol. The Balaban J connectivity index is 2.86. The fourth-order valence-corrected chi connectivity index (χ4v) is 1.74. The molecule has 0 bridgehead atoms. The Morgan fingerprint density at radius 1 is 1.61 bits per heavy atom. The smallest absolute Gasteiger partial charge is 0.368 e. The lowest BCUT2D eigenvalue weighted by molar-refractivity contribution is -0.414. The first-order valence-corrected chi connectivity index (χ1v) is 5.74. The van der Waals surface area contributed by atoms with Crippen LogP contribution < -0.4 is 5.32 Å². The molecule has 0 fully saturated rings. The number of nitrogens with zero attached hydrogens (tertiary/aromatic N) is 3. The van der Waals surface area contributed by atoms with Crippen molar-refractivity contribution in [1.82, 2.24) is 15.2 Å². The van der Waals surface area contributed by atoms with Crippen LogP contribution in [-0.2, 0) is 6.54 Å². The highest BCUT2D eigenvalue weighted by Crippen LogP contribution is 2.14. The second kappa shape index (κ2) is 6.42. The van der Waals surface area contributed by atoms with Crippen molar-refractivity contribution in [2.24, 2.45) is 0 Å². The van der Waals surface area contributed by atoms with E-state index < -0.39 is 10.1 Å². The summed E-state index contributed by atoms with van der Waals surface area (Å²) in [6.45, 7) is 0.421. The lowest BCUT2D eigenvalue weighted by atomic mass is 10.3. The first kappa shape index (κ1) is 14.5. The van der Waals surface area contributed by atoms with E-state index in [9.17, 15) is 10.1 Å². The van der Waals surface area contributed by atoms with Gasteiger partial charge in [0.15, 0.2) is 5.82 Å². The molecule has 0 amide bonds. The van der Waals surface area contributed by atoms with Gasteiger partial charge in [-0.15, -0.1) is 0 Å². The summed E-state index contributed by atoms with van der Waals surface area (Å²) >= 11 is 11.3. The number of halogens is 2. The van der Waals surface area contributed by atoms with Crippen molar-refractivity contribution in [2.75, 3.05) is 14.1 Å². The number of nitro groups is 1. The number of rotatable bonds is 5. The van der Waals surface area contributed by atoms with Crippen LogP contribution in [0.2, 0.25) is 5.15 Å². The number of hydrogen-bond donors (Lipinski definition) is 1. The molecule has 1 rings (SSSR count). The largest absolute Gasteiger partial charge is 0.377 e. The molecule has 0 atom stereocenters. The molecule has 0 saturated heterocycles. The Morgan fingerprint density at radius 3 is 2.72 bits per heavy atom. The van der Waals surface area contributed by atoms with E-state index in [1.54, 1.807) is 37.3 Å². The predicted octanol–water partition coefficient (Wildman–Crippen LogP) is 2.03. The van der Waals surface area contributed by atoms with Crippen LogP contribution in [0.4, 0.5) is 0 Å². The van der Waals surface area contributed by atoms with E-state index in [-0.39, 0.29) is 5.82 Å². The maximum absolute atomic E-state index is 10.6. The van der Waals surface area contributed by atoms with Gasteiger partial charge in [-0.05, 0) is 23.2 Å². The molecule has 8 heteroatoms.